The Hall–Kier alpha value is -1.11. The number of nitrogens with one attached hydrogen (secondary N) is 1. The van der Waals surface area contributed by atoms with Crippen LogP contribution in [0.4, 0.5) is 0 Å². The number of carbonyl (C=O) groups excluding carboxylic acids is 1. The van der Waals surface area contributed by atoms with Crippen molar-refractivity contribution in [2.24, 2.45) is 0 Å². The van der Waals surface area contributed by atoms with E-state index in [1.165, 1.54) is 199 Å². The summed E-state index contributed by atoms with van der Waals surface area (Å²) in [5, 5.41) is 64.8. The topological polar surface area (TPSA) is 169 Å². The van der Waals surface area contributed by atoms with Crippen LogP contribution >= 0.6 is 0 Å². The van der Waals surface area contributed by atoms with E-state index in [0.717, 1.165) is 44.9 Å². The molecule has 380 valence electrons. The van der Waals surface area contributed by atoms with Crippen molar-refractivity contribution >= 4 is 5.91 Å². The van der Waals surface area contributed by atoms with Gasteiger partial charge in [-0.15, -0.1) is 0 Å². The number of carbonyl (C=O) groups is 1. The summed E-state index contributed by atoms with van der Waals surface area (Å²) in [6, 6.07) is -0.974. The highest BCUT2D eigenvalue weighted by Gasteiger charge is 2.44. The highest BCUT2D eigenvalue weighted by molar-refractivity contribution is 5.80. The molecule has 10 heteroatoms. The van der Waals surface area contributed by atoms with Crippen molar-refractivity contribution in [3.8, 4) is 0 Å². The lowest BCUT2D eigenvalue weighted by atomic mass is 9.99. The van der Waals surface area contributed by atoms with Crippen LogP contribution in [-0.2, 0) is 14.3 Å². The molecule has 1 aliphatic rings. The Bertz CT molecular complexity index is 1030. The fourth-order valence-corrected chi connectivity index (χ4v) is 8.99. The minimum atomic E-state index is -1.61. The quantitative estimate of drug-likeness (QED) is 0.0232. The van der Waals surface area contributed by atoms with Crippen molar-refractivity contribution in [2.75, 3.05) is 13.2 Å². The Morgan fingerprint density at radius 1 is 0.531 bits per heavy atom. The molecule has 1 saturated heterocycles. The summed E-state index contributed by atoms with van der Waals surface area (Å²) in [5.74, 6) is -0.612. The summed E-state index contributed by atoms with van der Waals surface area (Å²) in [5.41, 5.74) is 0. The minimum Gasteiger partial charge on any atom is -0.394 e. The Labute approximate surface area is 393 Å². The summed E-state index contributed by atoms with van der Waals surface area (Å²) in [4.78, 5) is 13.1. The summed E-state index contributed by atoms with van der Waals surface area (Å²) in [6.07, 6.45) is 43.3. The van der Waals surface area contributed by atoms with Gasteiger partial charge >= 0.3 is 0 Å². The number of rotatable bonds is 47. The van der Waals surface area contributed by atoms with Gasteiger partial charge in [-0.25, -0.2) is 0 Å². The van der Waals surface area contributed by atoms with E-state index in [9.17, 15) is 35.4 Å². The van der Waals surface area contributed by atoms with Gasteiger partial charge in [0.1, 0.15) is 30.5 Å². The molecule has 10 nitrogen and oxygen atoms in total. The van der Waals surface area contributed by atoms with E-state index in [2.05, 4.69) is 19.2 Å². The predicted octanol–water partition coefficient (Wildman–Crippen LogP) is 11.8. The zero-order valence-corrected chi connectivity index (χ0v) is 41.7. The van der Waals surface area contributed by atoms with Crippen LogP contribution in [0.25, 0.3) is 0 Å². The summed E-state index contributed by atoms with van der Waals surface area (Å²) in [6.45, 7) is 3.62. The van der Waals surface area contributed by atoms with Gasteiger partial charge in [-0.05, 0) is 19.3 Å². The molecule has 1 aliphatic heterocycles. The molecule has 8 unspecified atom stereocenters. The second-order valence-corrected chi connectivity index (χ2v) is 19.5. The highest BCUT2D eigenvalue weighted by atomic mass is 16.7. The first-order valence-electron chi connectivity index (χ1n) is 27.5. The molecule has 0 spiro atoms. The number of unbranched alkanes of at least 4 members (excludes halogenated alkanes) is 36. The molecule has 1 rings (SSSR count). The largest absolute Gasteiger partial charge is 0.394 e. The Kier molecular flexibility index (Phi) is 42.3. The van der Waals surface area contributed by atoms with Crippen LogP contribution in [0.2, 0.25) is 0 Å². The first kappa shape index (κ1) is 60.9. The average Bonchev–Trinajstić information content (AvgIpc) is 3.29. The van der Waals surface area contributed by atoms with Gasteiger partial charge < -0.3 is 45.4 Å². The third kappa shape index (κ3) is 33.4. The van der Waals surface area contributed by atoms with Crippen LogP contribution in [0.3, 0.4) is 0 Å². The van der Waals surface area contributed by atoms with Gasteiger partial charge in [0, 0.05) is 0 Å². The van der Waals surface area contributed by atoms with Gasteiger partial charge in [0.15, 0.2) is 6.29 Å². The fourth-order valence-electron chi connectivity index (χ4n) is 8.99. The Morgan fingerprint density at radius 2 is 0.891 bits per heavy atom. The zero-order chi connectivity index (χ0) is 46.7. The first-order chi connectivity index (χ1) is 31.3. The molecular formula is C54H105NO9. The lowest BCUT2D eigenvalue weighted by Crippen LogP contribution is -2.60. The molecule has 7 N–H and O–H groups in total. The molecule has 0 bridgehead atoms. The number of allylic oxidation sites excluding steroid dienone is 1. The maximum absolute atomic E-state index is 13.1. The van der Waals surface area contributed by atoms with Crippen LogP contribution in [0.1, 0.15) is 264 Å². The SMILES string of the molecule is CCCCCCCCCCC/C=C/C(O)C(COC1OC(CO)C(O)C(O)C1O)NC(=O)C(O)CCCCCCCCCCCCCCCCCCCCCCCCCCCCCC. The smallest absolute Gasteiger partial charge is 0.249 e. The van der Waals surface area contributed by atoms with Crippen molar-refractivity contribution in [3.05, 3.63) is 12.2 Å². The number of ether oxygens (including phenoxy) is 2. The van der Waals surface area contributed by atoms with Crippen molar-refractivity contribution in [2.45, 2.75) is 313 Å². The Balaban J connectivity index is 2.17. The Morgan fingerprint density at radius 3 is 1.27 bits per heavy atom. The number of hydrogen-bond donors (Lipinski definition) is 7. The van der Waals surface area contributed by atoms with Crippen LogP contribution in [-0.4, -0.2) is 98.7 Å². The van der Waals surface area contributed by atoms with Crippen LogP contribution in [0.5, 0.6) is 0 Å². The van der Waals surface area contributed by atoms with E-state index in [0.29, 0.717) is 6.42 Å². The summed E-state index contributed by atoms with van der Waals surface area (Å²) < 4.78 is 11.1. The van der Waals surface area contributed by atoms with E-state index < -0.39 is 61.5 Å². The van der Waals surface area contributed by atoms with E-state index in [4.69, 9.17) is 9.47 Å². The van der Waals surface area contributed by atoms with E-state index in [-0.39, 0.29) is 6.61 Å². The standard InChI is InChI=1S/C54H105NO9/c1-3-5-7-9-11-13-15-16-17-18-19-20-21-22-23-24-25-26-27-28-29-30-31-33-35-37-39-41-43-48(58)53(62)55-46(45-63-54-52(61)51(60)50(59)49(44-56)64-54)47(57)42-40-38-36-34-32-14-12-10-8-6-4-2/h40,42,46-52,54,56-61H,3-39,41,43-45H2,1-2H3,(H,55,62)/b42-40+. The molecule has 1 amide bonds. The predicted molar refractivity (Wildman–Crippen MR) is 264 cm³/mol. The lowest BCUT2D eigenvalue weighted by molar-refractivity contribution is -0.302. The van der Waals surface area contributed by atoms with Gasteiger partial charge in [-0.2, -0.15) is 0 Å². The molecule has 0 saturated carbocycles. The number of aliphatic hydroxyl groups excluding tert-OH is 6. The molecular weight excluding hydrogens is 807 g/mol. The molecule has 0 aliphatic carbocycles. The van der Waals surface area contributed by atoms with E-state index in [1.807, 2.05) is 6.08 Å². The summed E-state index contributed by atoms with van der Waals surface area (Å²) >= 11 is 0. The fraction of sp³-hybridized carbons (Fsp3) is 0.944. The monoisotopic (exact) mass is 912 g/mol. The molecule has 8 atom stereocenters. The van der Waals surface area contributed by atoms with Crippen LogP contribution < -0.4 is 5.32 Å². The van der Waals surface area contributed by atoms with Gasteiger partial charge in [-0.1, -0.05) is 257 Å². The normalized spacial score (nSPS) is 20.5. The maximum atomic E-state index is 13.1. The first-order valence-corrected chi connectivity index (χ1v) is 27.5. The van der Waals surface area contributed by atoms with Crippen molar-refractivity contribution in [1.82, 2.24) is 5.32 Å². The van der Waals surface area contributed by atoms with Crippen molar-refractivity contribution in [1.29, 1.82) is 0 Å². The van der Waals surface area contributed by atoms with Gasteiger partial charge in [-0.3, -0.25) is 4.79 Å². The van der Waals surface area contributed by atoms with Crippen LogP contribution in [0.15, 0.2) is 12.2 Å². The highest BCUT2D eigenvalue weighted by Crippen LogP contribution is 2.23. The second-order valence-electron chi connectivity index (χ2n) is 19.5. The molecule has 1 heterocycles. The lowest BCUT2D eigenvalue weighted by Gasteiger charge is -2.40. The molecule has 0 aromatic heterocycles. The van der Waals surface area contributed by atoms with Crippen LogP contribution in [0, 0.1) is 0 Å². The van der Waals surface area contributed by atoms with E-state index in [1.54, 1.807) is 6.08 Å². The van der Waals surface area contributed by atoms with E-state index >= 15 is 0 Å². The zero-order valence-electron chi connectivity index (χ0n) is 41.7. The number of amides is 1. The van der Waals surface area contributed by atoms with Gasteiger partial charge in [0.05, 0.1) is 25.4 Å². The summed E-state index contributed by atoms with van der Waals surface area (Å²) in [7, 11) is 0. The van der Waals surface area contributed by atoms with Crippen molar-refractivity contribution < 1.29 is 44.9 Å². The van der Waals surface area contributed by atoms with Gasteiger partial charge in [0.2, 0.25) is 5.91 Å². The molecule has 64 heavy (non-hydrogen) atoms. The molecule has 0 aromatic rings. The van der Waals surface area contributed by atoms with Gasteiger partial charge in [0.25, 0.3) is 0 Å². The number of aliphatic hydroxyl groups is 6. The number of hydrogen-bond acceptors (Lipinski definition) is 9. The minimum absolute atomic E-state index is 0.301. The average molecular weight is 912 g/mol. The molecule has 1 fully saturated rings. The third-order valence-corrected chi connectivity index (χ3v) is 13.5. The molecule has 0 aromatic carbocycles. The second kappa shape index (κ2) is 44.4. The maximum Gasteiger partial charge on any atom is 0.249 e. The van der Waals surface area contributed by atoms with Crippen molar-refractivity contribution in [3.63, 3.8) is 0 Å². The third-order valence-electron chi connectivity index (χ3n) is 13.5. The molecule has 0 radical (unpaired) electrons.